The van der Waals surface area contributed by atoms with Crippen LogP contribution in [0.25, 0.3) is 5.82 Å². The average Bonchev–Trinajstić information content (AvgIpc) is 2.52. The van der Waals surface area contributed by atoms with E-state index in [0.717, 1.165) is 10.8 Å². The maximum absolute atomic E-state index is 12.7. The van der Waals surface area contributed by atoms with E-state index in [4.69, 9.17) is 0 Å². The molecule has 0 radical (unpaired) electrons. The molecule has 0 saturated carbocycles. The predicted octanol–water partition coefficient (Wildman–Crippen LogP) is 1.56. The van der Waals surface area contributed by atoms with Gasteiger partial charge in [0.25, 0.3) is 0 Å². The normalized spacial score (nSPS) is 10.3. The van der Waals surface area contributed by atoms with Crippen molar-refractivity contribution in [2.75, 3.05) is 0 Å². The molecule has 2 rings (SSSR count). The number of nitrogens with zero attached hydrogens (tertiary/aromatic N) is 4. The lowest BCUT2D eigenvalue weighted by Crippen LogP contribution is -1.99. The summed E-state index contributed by atoms with van der Waals surface area (Å²) in [6.07, 6.45) is 4.43. The summed E-state index contributed by atoms with van der Waals surface area (Å²) in [5, 5.41) is 3.94. The Morgan fingerprint density at radius 3 is 2.85 bits per heavy atom. The summed E-state index contributed by atoms with van der Waals surface area (Å²) in [6.45, 7) is 0. The molecule has 0 aliphatic carbocycles. The number of halogens is 2. The van der Waals surface area contributed by atoms with Gasteiger partial charge in [-0.1, -0.05) is 0 Å². The highest BCUT2D eigenvalue weighted by Crippen LogP contribution is 2.10. The maximum atomic E-state index is 12.7. The Morgan fingerprint density at radius 1 is 1.38 bits per heavy atom. The molecular formula is C7H4BrFN4. The molecule has 0 aliphatic rings. The Labute approximate surface area is 81.6 Å². The predicted molar refractivity (Wildman–Crippen MR) is 46.8 cm³/mol. The lowest BCUT2D eigenvalue weighted by molar-refractivity contribution is 0.575. The highest BCUT2D eigenvalue weighted by molar-refractivity contribution is 9.10. The number of hydrogen-bond donors (Lipinski definition) is 0. The molecule has 6 heteroatoms. The van der Waals surface area contributed by atoms with Crippen molar-refractivity contribution in [2.24, 2.45) is 0 Å². The summed E-state index contributed by atoms with van der Waals surface area (Å²) in [5.74, 6) is -0.171. The van der Waals surface area contributed by atoms with Gasteiger partial charge in [0.2, 0.25) is 5.95 Å². The van der Waals surface area contributed by atoms with E-state index in [-0.39, 0.29) is 0 Å². The number of rotatable bonds is 1. The van der Waals surface area contributed by atoms with E-state index >= 15 is 0 Å². The molecule has 0 saturated heterocycles. The Bertz CT molecular complexity index is 428. The second kappa shape index (κ2) is 3.21. The van der Waals surface area contributed by atoms with Gasteiger partial charge in [-0.2, -0.15) is 9.49 Å². The summed E-state index contributed by atoms with van der Waals surface area (Å²) in [7, 11) is 0. The molecule has 0 atom stereocenters. The first-order valence-electron chi connectivity index (χ1n) is 3.44. The standard InChI is InChI=1S/C7H4BrFN4/c8-5-2-12-13(3-5)7-1-6(9)10-4-11-7/h1-4H. The molecule has 0 spiro atoms. The van der Waals surface area contributed by atoms with Gasteiger partial charge in [0.05, 0.1) is 10.7 Å². The quantitative estimate of drug-likeness (QED) is 0.714. The van der Waals surface area contributed by atoms with Crippen LogP contribution in [0.5, 0.6) is 0 Å². The first kappa shape index (κ1) is 8.31. The van der Waals surface area contributed by atoms with Gasteiger partial charge < -0.3 is 0 Å². The molecule has 0 aromatic carbocycles. The van der Waals surface area contributed by atoms with Crippen LogP contribution in [0.4, 0.5) is 4.39 Å². The van der Waals surface area contributed by atoms with E-state index in [2.05, 4.69) is 31.0 Å². The fraction of sp³-hybridized carbons (Fsp3) is 0. The van der Waals surface area contributed by atoms with E-state index in [9.17, 15) is 4.39 Å². The monoisotopic (exact) mass is 242 g/mol. The van der Waals surface area contributed by atoms with E-state index in [1.165, 1.54) is 10.7 Å². The Kier molecular flexibility index (Phi) is 2.05. The van der Waals surface area contributed by atoms with Crippen LogP contribution < -0.4 is 0 Å². The van der Waals surface area contributed by atoms with Crippen LogP contribution >= 0.6 is 15.9 Å². The summed E-state index contributed by atoms with van der Waals surface area (Å²) in [4.78, 5) is 7.19. The van der Waals surface area contributed by atoms with Crippen LogP contribution in [-0.2, 0) is 0 Å². The summed E-state index contributed by atoms with van der Waals surface area (Å²) in [5.41, 5.74) is 0. The molecule has 0 bridgehead atoms. The molecule has 4 nitrogen and oxygen atoms in total. The topological polar surface area (TPSA) is 43.6 Å². The van der Waals surface area contributed by atoms with Gasteiger partial charge in [-0.05, 0) is 15.9 Å². The third-order valence-electron chi connectivity index (χ3n) is 1.41. The first-order chi connectivity index (χ1) is 6.25. The van der Waals surface area contributed by atoms with Crippen molar-refractivity contribution >= 4 is 15.9 Å². The van der Waals surface area contributed by atoms with Gasteiger partial charge in [0, 0.05) is 12.3 Å². The largest absolute Gasteiger partial charge is 0.221 e. The molecule has 0 amide bonds. The van der Waals surface area contributed by atoms with Crippen LogP contribution in [-0.4, -0.2) is 19.7 Å². The van der Waals surface area contributed by atoms with Crippen molar-refractivity contribution in [3.05, 3.63) is 35.2 Å². The molecule has 2 heterocycles. The molecule has 0 aliphatic heterocycles. The van der Waals surface area contributed by atoms with Crippen LogP contribution in [0.1, 0.15) is 0 Å². The molecule has 0 N–H and O–H groups in total. The third-order valence-corrected chi connectivity index (χ3v) is 1.81. The minimum Gasteiger partial charge on any atom is -0.221 e. The third kappa shape index (κ3) is 1.72. The van der Waals surface area contributed by atoms with E-state index in [0.29, 0.717) is 5.82 Å². The lowest BCUT2D eigenvalue weighted by atomic mass is 10.6. The summed E-state index contributed by atoms with van der Waals surface area (Å²) >= 11 is 3.23. The van der Waals surface area contributed by atoms with Crippen molar-refractivity contribution in [3.63, 3.8) is 0 Å². The Hall–Kier alpha value is -1.30. The number of hydrogen-bond acceptors (Lipinski definition) is 3. The minimum absolute atomic E-state index is 0.401. The SMILES string of the molecule is Fc1cc(-n2cc(Br)cn2)ncn1. The fourth-order valence-electron chi connectivity index (χ4n) is 0.876. The second-order valence-electron chi connectivity index (χ2n) is 2.30. The smallest absolute Gasteiger partial charge is 0.218 e. The molecule has 13 heavy (non-hydrogen) atoms. The zero-order valence-electron chi connectivity index (χ0n) is 6.35. The Morgan fingerprint density at radius 2 is 2.23 bits per heavy atom. The first-order valence-corrected chi connectivity index (χ1v) is 4.23. The molecule has 0 fully saturated rings. The van der Waals surface area contributed by atoms with Crippen molar-refractivity contribution in [2.45, 2.75) is 0 Å². The highest BCUT2D eigenvalue weighted by Gasteiger charge is 2.01. The molecule has 0 unspecified atom stereocenters. The van der Waals surface area contributed by atoms with Crippen molar-refractivity contribution in [1.29, 1.82) is 0 Å². The zero-order chi connectivity index (χ0) is 9.26. The van der Waals surface area contributed by atoms with E-state index in [1.807, 2.05) is 0 Å². The van der Waals surface area contributed by atoms with Crippen LogP contribution in [0.3, 0.4) is 0 Å². The van der Waals surface area contributed by atoms with Gasteiger partial charge in [0.15, 0.2) is 5.82 Å². The molecule has 2 aromatic heterocycles. The molecule has 2 aromatic rings. The lowest BCUT2D eigenvalue weighted by Gasteiger charge is -1.97. The zero-order valence-corrected chi connectivity index (χ0v) is 7.94. The average molecular weight is 243 g/mol. The van der Waals surface area contributed by atoms with Crippen molar-refractivity contribution in [1.82, 2.24) is 19.7 Å². The van der Waals surface area contributed by atoms with Crippen LogP contribution in [0, 0.1) is 5.95 Å². The van der Waals surface area contributed by atoms with E-state index < -0.39 is 5.95 Å². The van der Waals surface area contributed by atoms with E-state index in [1.54, 1.807) is 12.4 Å². The Balaban J connectivity index is 2.46. The van der Waals surface area contributed by atoms with Crippen molar-refractivity contribution < 1.29 is 4.39 Å². The number of aromatic nitrogens is 4. The van der Waals surface area contributed by atoms with Gasteiger partial charge >= 0.3 is 0 Å². The van der Waals surface area contributed by atoms with Crippen molar-refractivity contribution in [3.8, 4) is 5.82 Å². The molecular weight excluding hydrogens is 239 g/mol. The summed E-state index contributed by atoms with van der Waals surface area (Å²) in [6, 6.07) is 1.21. The molecule has 66 valence electrons. The second-order valence-corrected chi connectivity index (χ2v) is 3.22. The maximum Gasteiger partial charge on any atom is 0.218 e. The van der Waals surface area contributed by atoms with Gasteiger partial charge in [-0.25, -0.2) is 14.6 Å². The van der Waals surface area contributed by atoms with Gasteiger partial charge in [-0.3, -0.25) is 0 Å². The summed E-state index contributed by atoms with van der Waals surface area (Å²) < 4.78 is 14.9. The van der Waals surface area contributed by atoms with Crippen LogP contribution in [0.2, 0.25) is 0 Å². The minimum atomic E-state index is -0.573. The fourth-order valence-corrected chi connectivity index (χ4v) is 1.16. The highest BCUT2D eigenvalue weighted by atomic mass is 79.9. The van der Waals surface area contributed by atoms with Crippen LogP contribution in [0.15, 0.2) is 29.3 Å². The van der Waals surface area contributed by atoms with Gasteiger partial charge in [0.1, 0.15) is 6.33 Å². The van der Waals surface area contributed by atoms with Gasteiger partial charge in [-0.15, -0.1) is 0 Å².